The SMILES string of the molecule is CCS(=O)(=O)N1CCCC(c2n[nH]c(=S)n2Cc2ccc(C)cc2)C1. The molecular weight excluding hydrogens is 356 g/mol. The summed E-state index contributed by atoms with van der Waals surface area (Å²) in [7, 11) is -3.17. The standard InChI is InChI=1S/C17H24N4O2S2/c1-3-25(22,23)20-10-4-5-15(12-20)16-18-19-17(24)21(16)11-14-8-6-13(2)7-9-14/h6-9,15H,3-5,10-12H2,1-2H3,(H,19,24). The van der Waals surface area contributed by atoms with Crippen LogP contribution >= 0.6 is 12.2 Å². The molecule has 0 saturated carbocycles. The third-order valence-electron chi connectivity index (χ3n) is 4.76. The van der Waals surface area contributed by atoms with Crippen LogP contribution < -0.4 is 0 Å². The predicted octanol–water partition coefficient (Wildman–Crippen LogP) is 2.83. The number of nitrogens with zero attached hydrogens (tertiary/aromatic N) is 3. The van der Waals surface area contributed by atoms with Crippen LogP contribution in [0.15, 0.2) is 24.3 Å². The average molecular weight is 381 g/mol. The maximum atomic E-state index is 12.2. The van der Waals surface area contributed by atoms with Crippen molar-refractivity contribution in [2.75, 3.05) is 18.8 Å². The predicted molar refractivity (Wildman–Crippen MR) is 101 cm³/mol. The lowest BCUT2D eigenvalue weighted by Crippen LogP contribution is -2.40. The number of aromatic amines is 1. The van der Waals surface area contributed by atoms with Gasteiger partial charge in [0.2, 0.25) is 10.0 Å². The maximum Gasteiger partial charge on any atom is 0.213 e. The Balaban J connectivity index is 1.85. The Bertz CT molecular complexity index is 884. The summed E-state index contributed by atoms with van der Waals surface area (Å²) in [6, 6.07) is 8.33. The van der Waals surface area contributed by atoms with Gasteiger partial charge in [0.1, 0.15) is 5.82 Å². The second-order valence-corrected chi connectivity index (χ2v) is 9.20. The van der Waals surface area contributed by atoms with Gasteiger partial charge in [-0.1, -0.05) is 29.8 Å². The summed E-state index contributed by atoms with van der Waals surface area (Å²) < 4.78 is 28.6. The zero-order chi connectivity index (χ0) is 18.0. The minimum Gasteiger partial charge on any atom is -0.299 e. The topological polar surface area (TPSA) is 71.0 Å². The van der Waals surface area contributed by atoms with E-state index in [1.807, 2.05) is 4.57 Å². The number of hydrogen-bond acceptors (Lipinski definition) is 4. The maximum absolute atomic E-state index is 12.2. The monoisotopic (exact) mass is 380 g/mol. The number of piperidine rings is 1. The van der Waals surface area contributed by atoms with Crippen molar-refractivity contribution in [3.8, 4) is 0 Å². The number of aromatic nitrogens is 3. The van der Waals surface area contributed by atoms with Gasteiger partial charge in [0.15, 0.2) is 4.77 Å². The lowest BCUT2D eigenvalue weighted by atomic mass is 9.98. The molecule has 2 aromatic rings. The van der Waals surface area contributed by atoms with Crippen LogP contribution in [-0.2, 0) is 16.6 Å². The summed E-state index contributed by atoms with van der Waals surface area (Å²) in [5.74, 6) is 1.05. The normalized spacial score (nSPS) is 19.2. The highest BCUT2D eigenvalue weighted by Crippen LogP contribution is 2.27. The van der Waals surface area contributed by atoms with E-state index in [4.69, 9.17) is 12.2 Å². The second kappa shape index (κ2) is 7.39. The third-order valence-corrected chi connectivity index (χ3v) is 6.92. The number of aryl methyl sites for hydroxylation is 1. The molecule has 1 aliphatic rings. The van der Waals surface area contributed by atoms with E-state index in [2.05, 4.69) is 41.4 Å². The minimum atomic E-state index is -3.17. The van der Waals surface area contributed by atoms with Gasteiger partial charge in [0.25, 0.3) is 0 Å². The third kappa shape index (κ3) is 4.02. The van der Waals surface area contributed by atoms with Gasteiger partial charge in [0, 0.05) is 19.0 Å². The quantitative estimate of drug-likeness (QED) is 0.810. The first kappa shape index (κ1) is 18.3. The van der Waals surface area contributed by atoms with Crippen LogP contribution in [0.2, 0.25) is 0 Å². The zero-order valence-electron chi connectivity index (χ0n) is 14.6. The van der Waals surface area contributed by atoms with E-state index in [1.54, 1.807) is 11.2 Å². The molecule has 1 aromatic carbocycles. The van der Waals surface area contributed by atoms with Crippen LogP contribution in [0.5, 0.6) is 0 Å². The van der Waals surface area contributed by atoms with Crippen molar-refractivity contribution in [3.63, 3.8) is 0 Å². The van der Waals surface area contributed by atoms with E-state index in [-0.39, 0.29) is 11.7 Å². The fourth-order valence-electron chi connectivity index (χ4n) is 3.26. The molecule has 8 heteroatoms. The molecule has 6 nitrogen and oxygen atoms in total. The molecule has 1 unspecified atom stereocenters. The zero-order valence-corrected chi connectivity index (χ0v) is 16.2. The van der Waals surface area contributed by atoms with Crippen molar-refractivity contribution in [2.45, 2.75) is 39.2 Å². The Labute approximate surface area is 153 Å². The van der Waals surface area contributed by atoms with Gasteiger partial charge in [-0.3, -0.25) is 9.67 Å². The molecule has 1 saturated heterocycles. The smallest absolute Gasteiger partial charge is 0.213 e. The molecule has 1 aromatic heterocycles. The second-order valence-electron chi connectivity index (χ2n) is 6.56. The highest BCUT2D eigenvalue weighted by molar-refractivity contribution is 7.89. The number of nitrogens with one attached hydrogen (secondary N) is 1. The van der Waals surface area contributed by atoms with Crippen molar-refractivity contribution < 1.29 is 8.42 Å². The van der Waals surface area contributed by atoms with Gasteiger partial charge in [-0.2, -0.15) is 5.10 Å². The van der Waals surface area contributed by atoms with E-state index in [0.717, 1.165) is 24.2 Å². The van der Waals surface area contributed by atoms with Crippen LogP contribution in [0.1, 0.15) is 42.6 Å². The van der Waals surface area contributed by atoms with Crippen LogP contribution in [-0.4, -0.2) is 46.3 Å². The number of sulfonamides is 1. The van der Waals surface area contributed by atoms with E-state index in [0.29, 0.717) is 24.4 Å². The summed E-state index contributed by atoms with van der Waals surface area (Å²) in [5, 5.41) is 7.30. The molecule has 0 bridgehead atoms. The lowest BCUT2D eigenvalue weighted by Gasteiger charge is -2.31. The van der Waals surface area contributed by atoms with Gasteiger partial charge in [-0.25, -0.2) is 12.7 Å². The van der Waals surface area contributed by atoms with Gasteiger partial charge in [0.05, 0.1) is 12.3 Å². The molecule has 1 N–H and O–H groups in total. The van der Waals surface area contributed by atoms with Gasteiger partial charge in [-0.15, -0.1) is 0 Å². The summed E-state index contributed by atoms with van der Waals surface area (Å²) in [6.45, 7) is 5.46. The molecule has 2 heterocycles. The number of H-pyrrole nitrogens is 1. The Morgan fingerprint density at radius 3 is 2.72 bits per heavy atom. The van der Waals surface area contributed by atoms with E-state index >= 15 is 0 Å². The first-order valence-corrected chi connectivity index (χ1v) is 10.6. The molecule has 1 fully saturated rings. The fraction of sp³-hybridized carbons (Fsp3) is 0.529. The summed E-state index contributed by atoms with van der Waals surface area (Å²) >= 11 is 5.41. The summed E-state index contributed by atoms with van der Waals surface area (Å²) in [5.41, 5.74) is 2.37. The first-order valence-electron chi connectivity index (χ1n) is 8.59. The molecule has 0 amide bonds. The molecule has 3 rings (SSSR count). The van der Waals surface area contributed by atoms with Crippen LogP contribution in [0.3, 0.4) is 0 Å². The Kier molecular flexibility index (Phi) is 5.41. The molecule has 25 heavy (non-hydrogen) atoms. The van der Waals surface area contributed by atoms with Crippen molar-refractivity contribution >= 4 is 22.2 Å². The molecule has 0 radical (unpaired) electrons. The highest BCUT2D eigenvalue weighted by atomic mass is 32.2. The van der Waals surface area contributed by atoms with Crippen molar-refractivity contribution in [1.82, 2.24) is 19.1 Å². The molecule has 136 valence electrons. The first-order chi connectivity index (χ1) is 11.9. The lowest BCUT2D eigenvalue weighted by molar-refractivity contribution is 0.305. The Morgan fingerprint density at radius 2 is 2.04 bits per heavy atom. The Morgan fingerprint density at radius 1 is 1.32 bits per heavy atom. The van der Waals surface area contributed by atoms with Gasteiger partial charge in [-0.05, 0) is 44.5 Å². The van der Waals surface area contributed by atoms with Crippen LogP contribution in [0.25, 0.3) is 0 Å². The number of hydrogen-bond donors (Lipinski definition) is 1. The van der Waals surface area contributed by atoms with Gasteiger partial charge < -0.3 is 0 Å². The summed E-state index contributed by atoms with van der Waals surface area (Å²) in [4.78, 5) is 0. The largest absolute Gasteiger partial charge is 0.299 e. The van der Waals surface area contributed by atoms with E-state index in [9.17, 15) is 8.42 Å². The van der Waals surface area contributed by atoms with Crippen molar-refractivity contribution in [2.24, 2.45) is 0 Å². The van der Waals surface area contributed by atoms with Crippen molar-refractivity contribution in [3.05, 3.63) is 46.0 Å². The highest BCUT2D eigenvalue weighted by Gasteiger charge is 2.31. The van der Waals surface area contributed by atoms with E-state index < -0.39 is 10.0 Å². The average Bonchev–Trinajstić information content (AvgIpc) is 2.98. The van der Waals surface area contributed by atoms with Crippen molar-refractivity contribution in [1.29, 1.82) is 0 Å². The number of rotatable bonds is 5. The minimum absolute atomic E-state index is 0.0634. The fourth-order valence-corrected chi connectivity index (χ4v) is 4.64. The molecular formula is C17H24N4O2S2. The Hall–Kier alpha value is -1.51. The molecule has 0 aliphatic carbocycles. The summed E-state index contributed by atoms with van der Waals surface area (Å²) in [6.07, 6.45) is 1.76. The molecule has 1 atom stereocenters. The molecule has 1 aliphatic heterocycles. The van der Waals surface area contributed by atoms with Crippen LogP contribution in [0.4, 0.5) is 0 Å². The van der Waals surface area contributed by atoms with Gasteiger partial charge >= 0.3 is 0 Å². The number of benzene rings is 1. The molecule has 0 spiro atoms. The van der Waals surface area contributed by atoms with E-state index in [1.165, 1.54) is 5.56 Å². The van der Waals surface area contributed by atoms with Crippen LogP contribution in [0, 0.1) is 11.7 Å².